The maximum atomic E-state index is 12.4. The van der Waals surface area contributed by atoms with Crippen LogP contribution < -0.4 is 10.6 Å². The summed E-state index contributed by atoms with van der Waals surface area (Å²) in [7, 11) is 0. The van der Waals surface area contributed by atoms with Gasteiger partial charge in [-0.05, 0) is 43.4 Å². The monoisotopic (exact) mass is 337 g/mol. The van der Waals surface area contributed by atoms with Gasteiger partial charge in [0, 0.05) is 11.7 Å². The van der Waals surface area contributed by atoms with E-state index in [2.05, 4.69) is 15.6 Å². The number of hydrogen-bond acceptors (Lipinski definition) is 4. The van der Waals surface area contributed by atoms with Crippen molar-refractivity contribution in [2.24, 2.45) is 5.92 Å². The minimum Gasteiger partial charge on any atom is -0.325 e. The number of aromatic nitrogens is 1. The molecule has 1 aliphatic heterocycles. The molecule has 1 aromatic heterocycles. The number of carbonyl (C=O) groups excluding carboxylic acids is 1. The highest BCUT2D eigenvalue weighted by molar-refractivity contribution is 7.16. The first-order valence-electron chi connectivity index (χ1n) is 7.70. The molecule has 0 bridgehead atoms. The molecule has 2 heterocycles. The number of fused-ring (bicyclic) bond motifs is 2. The number of halogens is 1. The quantitative estimate of drug-likeness (QED) is 0.880. The second-order valence-corrected chi connectivity index (χ2v) is 7.02. The van der Waals surface area contributed by atoms with Gasteiger partial charge in [0.2, 0.25) is 5.91 Å². The molecule has 0 radical (unpaired) electrons. The van der Waals surface area contributed by atoms with E-state index in [0.717, 1.165) is 22.3 Å². The van der Waals surface area contributed by atoms with Gasteiger partial charge in [-0.1, -0.05) is 12.8 Å². The highest BCUT2D eigenvalue weighted by Gasteiger charge is 2.38. The largest absolute Gasteiger partial charge is 0.325 e. The van der Waals surface area contributed by atoms with Gasteiger partial charge in [0.1, 0.15) is 0 Å². The second-order valence-electron chi connectivity index (χ2n) is 6.13. The molecule has 2 aromatic rings. The first-order valence-corrected chi connectivity index (χ1v) is 8.58. The average molecular weight is 338 g/mol. The summed E-state index contributed by atoms with van der Waals surface area (Å²) in [5.74, 6) is 0.798. The Morgan fingerprint density at radius 2 is 2.18 bits per heavy atom. The molecular weight excluding hydrogens is 318 g/mol. The summed E-state index contributed by atoms with van der Waals surface area (Å²) >= 11 is 1.60. The maximum absolute atomic E-state index is 12.4. The first-order chi connectivity index (χ1) is 10.3. The molecule has 3 unspecified atom stereocenters. The Bertz CT molecular complexity index is 660. The Morgan fingerprint density at radius 3 is 3.05 bits per heavy atom. The van der Waals surface area contributed by atoms with E-state index in [1.54, 1.807) is 11.3 Å². The van der Waals surface area contributed by atoms with E-state index < -0.39 is 0 Å². The number of hydrogen-bond donors (Lipinski definition) is 2. The van der Waals surface area contributed by atoms with E-state index in [1.807, 2.05) is 23.7 Å². The SMILES string of the molecule is Cl.O=C(Nc1ccc2ncsc2c1)C1CC2CCCCC2N1. The number of nitrogens with one attached hydrogen (secondary N) is 2. The van der Waals surface area contributed by atoms with E-state index in [4.69, 9.17) is 0 Å². The smallest absolute Gasteiger partial charge is 0.241 e. The predicted molar refractivity (Wildman–Crippen MR) is 92.8 cm³/mol. The lowest BCUT2D eigenvalue weighted by atomic mass is 9.85. The number of rotatable bonds is 2. The lowest BCUT2D eigenvalue weighted by Gasteiger charge is -2.24. The van der Waals surface area contributed by atoms with Crippen molar-refractivity contribution in [2.45, 2.75) is 44.2 Å². The number of amides is 1. The second kappa shape index (κ2) is 6.52. The fourth-order valence-corrected chi connectivity index (χ4v) is 4.40. The highest BCUT2D eigenvalue weighted by Crippen LogP contribution is 2.33. The maximum Gasteiger partial charge on any atom is 0.241 e. The fourth-order valence-electron chi connectivity index (χ4n) is 3.68. The summed E-state index contributed by atoms with van der Waals surface area (Å²) in [6.45, 7) is 0. The van der Waals surface area contributed by atoms with E-state index >= 15 is 0 Å². The van der Waals surface area contributed by atoms with Crippen molar-refractivity contribution < 1.29 is 4.79 Å². The van der Waals surface area contributed by atoms with Crippen LogP contribution in [0.3, 0.4) is 0 Å². The van der Waals surface area contributed by atoms with Crippen LogP contribution in [0.4, 0.5) is 5.69 Å². The van der Waals surface area contributed by atoms with Gasteiger partial charge in [0.15, 0.2) is 0 Å². The third-order valence-corrected chi connectivity index (χ3v) is 5.57. The molecule has 4 nitrogen and oxygen atoms in total. The van der Waals surface area contributed by atoms with Gasteiger partial charge in [-0.2, -0.15) is 0 Å². The Kier molecular flexibility index (Phi) is 4.66. The van der Waals surface area contributed by atoms with Crippen LogP contribution in [0.15, 0.2) is 23.7 Å². The number of thiazole rings is 1. The topological polar surface area (TPSA) is 54.0 Å². The Hall–Kier alpha value is -1.17. The van der Waals surface area contributed by atoms with Gasteiger partial charge < -0.3 is 10.6 Å². The summed E-state index contributed by atoms with van der Waals surface area (Å²) in [4.78, 5) is 16.7. The third-order valence-electron chi connectivity index (χ3n) is 4.78. The molecule has 1 amide bonds. The van der Waals surface area contributed by atoms with E-state index in [1.165, 1.54) is 25.7 Å². The molecule has 0 spiro atoms. The van der Waals surface area contributed by atoms with Crippen molar-refractivity contribution in [1.29, 1.82) is 0 Å². The van der Waals surface area contributed by atoms with Crippen molar-refractivity contribution in [3.05, 3.63) is 23.7 Å². The molecule has 1 aromatic carbocycles. The van der Waals surface area contributed by atoms with E-state index in [-0.39, 0.29) is 24.4 Å². The number of benzene rings is 1. The van der Waals surface area contributed by atoms with Crippen LogP contribution in [-0.4, -0.2) is 23.0 Å². The summed E-state index contributed by atoms with van der Waals surface area (Å²) in [5.41, 5.74) is 3.69. The summed E-state index contributed by atoms with van der Waals surface area (Å²) < 4.78 is 1.11. The molecule has 2 aliphatic rings. The fraction of sp³-hybridized carbons (Fsp3) is 0.500. The van der Waals surface area contributed by atoms with Gasteiger partial charge in [-0.25, -0.2) is 4.98 Å². The molecule has 1 saturated carbocycles. The lowest BCUT2D eigenvalue weighted by molar-refractivity contribution is -0.117. The zero-order valence-corrected chi connectivity index (χ0v) is 13.9. The molecular formula is C16H20ClN3OS. The summed E-state index contributed by atoms with van der Waals surface area (Å²) in [5, 5.41) is 6.58. The summed E-state index contributed by atoms with van der Waals surface area (Å²) in [6, 6.07) is 6.42. The van der Waals surface area contributed by atoms with Gasteiger partial charge in [-0.3, -0.25) is 4.79 Å². The van der Waals surface area contributed by atoms with Crippen molar-refractivity contribution in [1.82, 2.24) is 10.3 Å². The predicted octanol–water partition coefficient (Wildman–Crippen LogP) is 3.58. The zero-order chi connectivity index (χ0) is 14.2. The van der Waals surface area contributed by atoms with Crippen molar-refractivity contribution in [3.8, 4) is 0 Å². The van der Waals surface area contributed by atoms with Crippen LogP contribution >= 0.6 is 23.7 Å². The molecule has 3 atom stereocenters. The Morgan fingerprint density at radius 1 is 1.32 bits per heavy atom. The average Bonchev–Trinajstić information content (AvgIpc) is 3.13. The number of nitrogens with zero attached hydrogens (tertiary/aromatic N) is 1. The number of carbonyl (C=O) groups is 1. The standard InChI is InChI=1S/C16H19N3OS.ClH/c20-16(14-7-10-3-1-2-4-12(10)19-14)18-11-5-6-13-15(8-11)21-9-17-13;/h5-6,8-10,12,14,19H,1-4,7H2,(H,18,20);1H. The van der Waals surface area contributed by atoms with Crippen LogP contribution in [0.1, 0.15) is 32.1 Å². The molecule has 4 rings (SSSR count). The highest BCUT2D eigenvalue weighted by atomic mass is 35.5. The van der Waals surface area contributed by atoms with Crippen LogP contribution in [0.5, 0.6) is 0 Å². The zero-order valence-electron chi connectivity index (χ0n) is 12.2. The molecule has 22 heavy (non-hydrogen) atoms. The minimum absolute atomic E-state index is 0. The summed E-state index contributed by atoms with van der Waals surface area (Å²) in [6.07, 6.45) is 6.10. The molecule has 118 valence electrons. The van der Waals surface area contributed by atoms with Crippen LogP contribution in [-0.2, 0) is 4.79 Å². The lowest BCUT2D eigenvalue weighted by Crippen LogP contribution is -2.39. The van der Waals surface area contributed by atoms with Crippen molar-refractivity contribution >= 4 is 45.6 Å². The van der Waals surface area contributed by atoms with Crippen LogP contribution in [0, 0.1) is 5.92 Å². The third kappa shape index (κ3) is 2.98. The normalized spacial score (nSPS) is 27.2. The first kappa shape index (κ1) is 15.7. The molecule has 1 aliphatic carbocycles. The molecule has 2 fully saturated rings. The molecule has 6 heteroatoms. The number of anilines is 1. The Balaban J connectivity index is 0.00000144. The van der Waals surface area contributed by atoms with Crippen molar-refractivity contribution in [3.63, 3.8) is 0 Å². The Labute approximate surface area is 140 Å². The minimum atomic E-state index is -0.0322. The van der Waals surface area contributed by atoms with Crippen LogP contribution in [0.25, 0.3) is 10.2 Å². The van der Waals surface area contributed by atoms with Gasteiger partial charge in [0.25, 0.3) is 0 Å². The van der Waals surface area contributed by atoms with Crippen molar-refractivity contribution in [2.75, 3.05) is 5.32 Å². The molecule has 2 N–H and O–H groups in total. The molecule has 1 saturated heterocycles. The van der Waals surface area contributed by atoms with Gasteiger partial charge >= 0.3 is 0 Å². The van der Waals surface area contributed by atoms with E-state index in [9.17, 15) is 4.79 Å². The van der Waals surface area contributed by atoms with E-state index in [0.29, 0.717) is 12.0 Å². The van der Waals surface area contributed by atoms with Crippen LogP contribution in [0.2, 0.25) is 0 Å². The van der Waals surface area contributed by atoms with Gasteiger partial charge in [0.05, 0.1) is 21.8 Å². The van der Waals surface area contributed by atoms with Gasteiger partial charge in [-0.15, -0.1) is 23.7 Å².